The Morgan fingerprint density at radius 1 is 1.62 bits per heavy atom. The van der Waals surface area contributed by atoms with Gasteiger partial charge in [-0.3, -0.25) is 4.79 Å². The van der Waals surface area contributed by atoms with Crippen LogP contribution in [-0.4, -0.2) is 40.1 Å². The monoisotopic (exact) mass is 224 g/mol. The van der Waals surface area contributed by atoms with Gasteiger partial charge >= 0.3 is 0 Å². The molecular weight excluding hydrogens is 208 g/mol. The quantitative estimate of drug-likeness (QED) is 0.784. The summed E-state index contributed by atoms with van der Waals surface area (Å²) in [6, 6.07) is -0.0472. The van der Waals surface area contributed by atoms with E-state index in [2.05, 4.69) is 15.5 Å². The second kappa shape index (κ2) is 4.61. The zero-order valence-corrected chi connectivity index (χ0v) is 9.56. The van der Waals surface area contributed by atoms with Crippen molar-refractivity contribution in [3.8, 4) is 0 Å². The second-order valence-corrected chi connectivity index (χ2v) is 3.89. The van der Waals surface area contributed by atoms with Gasteiger partial charge in [0.25, 0.3) is 0 Å². The SMILES string of the molecule is CCNC1CCN(Cc2nc(C)no2)C1=O. The molecule has 0 radical (unpaired) electrons. The summed E-state index contributed by atoms with van der Waals surface area (Å²) in [5.41, 5.74) is 0. The van der Waals surface area contributed by atoms with Crippen LogP contribution >= 0.6 is 0 Å². The van der Waals surface area contributed by atoms with Gasteiger partial charge in [-0.15, -0.1) is 0 Å². The molecule has 1 aromatic rings. The van der Waals surface area contributed by atoms with Crippen molar-refractivity contribution in [2.45, 2.75) is 32.9 Å². The van der Waals surface area contributed by atoms with Crippen molar-refractivity contribution in [1.29, 1.82) is 0 Å². The van der Waals surface area contributed by atoms with Crippen LogP contribution in [0.4, 0.5) is 0 Å². The lowest BCUT2D eigenvalue weighted by molar-refractivity contribution is -0.130. The fourth-order valence-electron chi connectivity index (χ4n) is 1.90. The third-order valence-corrected chi connectivity index (χ3v) is 2.64. The van der Waals surface area contributed by atoms with Gasteiger partial charge in [0.15, 0.2) is 5.82 Å². The summed E-state index contributed by atoms with van der Waals surface area (Å²) in [4.78, 5) is 17.7. The number of likely N-dealkylation sites (tertiary alicyclic amines) is 1. The minimum absolute atomic E-state index is 0.0472. The molecule has 1 amide bonds. The second-order valence-electron chi connectivity index (χ2n) is 3.89. The van der Waals surface area contributed by atoms with Gasteiger partial charge in [-0.05, 0) is 19.9 Å². The molecule has 1 atom stereocenters. The molecule has 0 bridgehead atoms. The first-order chi connectivity index (χ1) is 7.70. The highest BCUT2D eigenvalue weighted by atomic mass is 16.5. The van der Waals surface area contributed by atoms with Crippen LogP contribution < -0.4 is 5.32 Å². The summed E-state index contributed by atoms with van der Waals surface area (Å²) in [6.45, 7) is 5.74. The molecule has 1 aliphatic heterocycles. The van der Waals surface area contributed by atoms with Crippen LogP contribution in [0.25, 0.3) is 0 Å². The van der Waals surface area contributed by atoms with Gasteiger partial charge in [-0.25, -0.2) is 0 Å². The zero-order valence-electron chi connectivity index (χ0n) is 9.56. The van der Waals surface area contributed by atoms with E-state index in [9.17, 15) is 4.79 Å². The van der Waals surface area contributed by atoms with Crippen LogP contribution in [-0.2, 0) is 11.3 Å². The number of likely N-dealkylation sites (N-methyl/N-ethyl adjacent to an activating group) is 1. The Balaban J connectivity index is 1.94. The maximum absolute atomic E-state index is 11.9. The molecule has 1 aromatic heterocycles. The fourth-order valence-corrected chi connectivity index (χ4v) is 1.90. The smallest absolute Gasteiger partial charge is 0.246 e. The number of hydrogen-bond acceptors (Lipinski definition) is 5. The van der Waals surface area contributed by atoms with E-state index in [0.717, 1.165) is 19.5 Å². The predicted molar refractivity (Wildman–Crippen MR) is 56.5 cm³/mol. The maximum Gasteiger partial charge on any atom is 0.246 e. The number of hydrogen-bond donors (Lipinski definition) is 1. The molecule has 1 N–H and O–H groups in total. The highest BCUT2D eigenvalue weighted by Crippen LogP contribution is 2.14. The summed E-state index contributed by atoms with van der Waals surface area (Å²) in [7, 11) is 0. The van der Waals surface area contributed by atoms with Crippen LogP contribution in [0, 0.1) is 6.92 Å². The molecule has 0 aromatic carbocycles. The number of nitrogens with zero attached hydrogens (tertiary/aromatic N) is 3. The average molecular weight is 224 g/mol. The maximum atomic E-state index is 11.9. The molecule has 88 valence electrons. The van der Waals surface area contributed by atoms with Crippen LogP contribution in [0.5, 0.6) is 0 Å². The van der Waals surface area contributed by atoms with E-state index in [4.69, 9.17) is 4.52 Å². The highest BCUT2D eigenvalue weighted by molar-refractivity contribution is 5.83. The van der Waals surface area contributed by atoms with Crippen LogP contribution in [0.2, 0.25) is 0 Å². The lowest BCUT2D eigenvalue weighted by atomic mass is 10.2. The van der Waals surface area contributed by atoms with E-state index in [-0.39, 0.29) is 11.9 Å². The Kier molecular flexibility index (Phi) is 3.19. The number of nitrogens with one attached hydrogen (secondary N) is 1. The Labute approximate surface area is 94.0 Å². The minimum Gasteiger partial charge on any atom is -0.337 e. The van der Waals surface area contributed by atoms with E-state index in [0.29, 0.717) is 18.3 Å². The first-order valence-corrected chi connectivity index (χ1v) is 5.52. The third-order valence-electron chi connectivity index (χ3n) is 2.64. The number of amides is 1. The van der Waals surface area contributed by atoms with Crippen molar-refractivity contribution < 1.29 is 9.32 Å². The molecule has 6 heteroatoms. The normalized spacial score (nSPS) is 20.8. The number of carbonyl (C=O) groups excluding carboxylic acids is 1. The van der Waals surface area contributed by atoms with E-state index in [1.54, 1.807) is 11.8 Å². The summed E-state index contributed by atoms with van der Waals surface area (Å²) < 4.78 is 4.99. The van der Waals surface area contributed by atoms with Gasteiger partial charge in [0.05, 0.1) is 6.04 Å². The lowest BCUT2D eigenvalue weighted by Gasteiger charge is -2.14. The Hall–Kier alpha value is -1.43. The topological polar surface area (TPSA) is 71.3 Å². The highest BCUT2D eigenvalue weighted by Gasteiger charge is 2.31. The van der Waals surface area contributed by atoms with Gasteiger partial charge in [-0.1, -0.05) is 12.1 Å². The fraction of sp³-hybridized carbons (Fsp3) is 0.700. The molecule has 2 rings (SSSR count). The van der Waals surface area contributed by atoms with Crippen molar-refractivity contribution >= 4 is 5.91 Å². The van der Waals surface area contributed by atoms with Crippen LogP contribution in [0.3, 0.4) is 0 Å². The summed E-state index contributed by atoms with van der Waals surface area (Å²) in [5, 5.41) is 6.86. The summed E-state index contributed by atoms with van der Waals surface area (Å²) >= 11 is 0. The number of aryl methyl sites for hydroxylation is 1. The lowest BCUT2D eigenvalue weighted by Crippen LogP contribution is -2.37. The van der Waals surface area contributed by atoms with Crippen molar-refractivity contribution in [2.75, 3.05) is 13.1 Å². The Morgan fingerprint density at radius 3 is 3.06 bits per heavy atom. The number of carbonyl (C=O) groups is 1. The van der Waals surface area contributed by atoms with Gasteiger partial charge < -0.3 is 14.7 Å². The van der Waals surface area contributed by atoms with Gasteiger partial charge in [-0.2, -0.15) is 4.98 Å². The van der Waals surface area contributed by atoms with Crippen molar-refractivity contribution in [3.05, 3.63) is 11.7 Å². The minimum atomic E-state index is -0.0472. The number of rotatable bonds is 4. The summed E-state index contributed by atoms with van der Waals surface area (Å²) in [6.07, 6.45) is 0.847. The largest absolute Gasteiger partial charge is 0.337 e. The molecule has 1 saturated heterocycles. The van der Waals surface area contributed by atoms with Crippen molar-refractivity contribution in [3.63, 3.8) is 0 Å². The van der Waals surface area contributed by atoms with E-state index >= 15 is 0 Å². The van der Waals surface area contributed by atoms with Gasteiger partial charge in [0, 0.05) is 6.54 Å². The Morgan fingerprint density at radius 2 is 2.44 bits per heavy atom. The first kappa shape index (κ1) is 11.1. The molecule has 6 nitrogen and oxygen atoms in total. The summed E-state index contributed by atoms with van der Waals surface area (Å²) in [5.74, 6) is 1.23. The molecule has 1 unspecified atom stereocenters. The average Bonchev–Trinajstić information content (AvgIpc) is 2.80. The molecule has 0 spiro atoms. The van der Waals surface area contributed by atoms with Crippen LogP contribution in [0.15, 0.2) is 4.52 Å². The van der Waals surface area contributed by atoms with E-state index in [1.807, 2.05) is 6.92 Å². The molecule has 0 aliphatic carbocycles. The van der Waals surface area contributed by atoms with E-state index < -0.39 is 0 Å². The number of aromatic nitrogens is 2. The standard InChI is InChI=1S/C10H16N4O2/c1-3-11-8-4-5-14(10(8)15)6-9-12-7(2)13-16-9/h8,11H,3-6H2,1-2H3. The molecular formula is C10H16N4O2. The molecule has 1 aliphatic rings. The molecule has 16 heavy (non-hydrogen) atoms. The van der Waals surface area contributed by atoms with Crippen LogP contribution in [0.1, 0.15) is 25.1 Å². The zero-order chi connectivity index (χ0) is 11.5. The third kappa shape index (κ3) is 2.21. The predicted octanol–water partition coefficient (Wildman–Crippen LogP) is 0.0884. The van der Waals surface area contributed by atoms with Gasteiger partial charge in [0.1, 0.15) is 6.54 Å². The molecule has 1 fully saturated rings. The molecule has 0 saturated carbocycles. The first-order valence-electron chi connectivity index (χ1n) is 5.52. The Bertz CT molecular complexity index is 377. The molecule has 2 heterocycles. The van der Waals surface area contributed by atoms with Crippen molar-refractivity contribution in [2.24, 2.45) is 0 Å². The van der Waals surface area contributed by atoms with Gasteiger partial charge in [0.2, 0.25) is 11.8 Å². The van der Waals surface area contributed by atoms with E-state index in [1.165, 1.54) is 0 Å². The van der Waals surface area contributed by atoms with Crippen molar-refractivity contribution in [1.82, 2.24) is 20.4 Å².